The number of aryl methyl sites for hydroxylation is 1. The molecule has 1 nitrogen and oxygen atoms in total. The molecule has 0 N–H and O–H groups in total. The van der Waals surface area contributed by atoms with Gasteiger partial charge in [-0.05, 0) is 36.6 Å². The molecule has 0 radical (unpaired) electrons. The van der Waals surface area contributed by atoms with Crippen molar-refractivity contribution in [1.29, 1.82) is 0 Å². The second-order valence-corrected chi connectivity index (χ2v) is 3.16. The number of hydrogen-bond donors (Lipinski definition) is 0. The zero-order valence-corrected chi connectivity index (χ0v) is 8.55. The fraction of sp³-hybridized carbons (Fsp3) is 0.333. The molecule has 0 spiro atoms. The van der Waals surface area contributed by atoms with Gasteiger partial charge >= 0.3 is 0 Å². The lowest BCUT2D eigenvalue weighted by molar-refractivity contribution is 0.414. The molecule has 70 valence electrons. The van der Waals surface area contributed by atoms with E-state index in [-0.39, 0.29) is 0 Å². The van der Waals surface area contributed by atoms with Crippen LogP contribution in [0.15, 0.2) is 24.8 Å². The van der Waals surface area contributed by atoms with Gasteiger partial charge < -0.3 is 4.74 Å². The van der Waals surface area contributed by atoms with Crippen LogP contribution in [0.2, 0.25) is 0 Å². The zero-order valence-electron chi connectivity index (χ0n) is 8.55. The van der Waals surface area contributed by atoms with E-state index in [2.05, 4.69) is 19.6 Å². The van der Waals surface area contributed by atoms with Gasteiger partial charge in [0.05, 0.1) is 7.11 Å². The maximum atomic E-state index is 5.16. The van der Waals surface area contributed by atoms with E-state index in [1.54, 1.807) is 7.11 Å². The van der Waals surface area contributed by atoms with Crippen LogP contribution in [-0.4, -0.2) is 7.11 Å². The van der Waals surface area contributed by atoms with Crippen LogP contribution in [-0.2, 0) is 6.42 Å². The highest BCUT2D eigenvalue weighted by molar-refractivity contribution is 5.66. The zero-order chi connectivity index (χ0) is 9.84. The van der Waals surface area contributed by atoms with E-state index in [9.17, 15) is 0 Å². The van der Waals surface area contributed by atoms with Crippen LogP contribution in [0, 0.1) is 0 Å². The van der Waals surface area contributed by atoms with Crippen molar-refractivity contribution in [2.24, 2.45) is 0 Å². The average Bonchev–Trinajstić information content (AvgIpc) is 2.16. The minimum Gasteiger partial charge on any atom is -0.497 e. The van der Waals surface area contributed by atoms with E-state index in [1.165, 1.54) is 11.1 Å². The van der Waals surface area contributed by atoms with Crippen molar-refractivity contribution in [3.05, 3.63) is 35.9 Å². The lowest BCUT2D eigenvalue weighted by Gasteiger charge is -2.09. The lowest BCUT2D eigenvalue weighted by Crippen LogP contribution is -1.91. The topological polar surface area (TPSA) is 9.23 Å². The molecule has 0 aliphatic rings. The van der Waals surface area contributed by atoms with Crippen molar-refractivity contribution < 1.29 is 4.74 Å². The molecule has 0 aliphatic carbocycles. The van der Waals surface area contributed by atoms with E-state index in [1.807, 2.05) is 19.1 Å². The third kappa shape index (κ3) is 2.11. The van der Waals surface area contributed by atoms with E-state index in [0.29, 0.717) is 0 Å². The van der Waals surface area contributed by atoms with Crippen LogP contribution in [0.25, 0.3) is 5.57 Å². The summed E-state index contributed by atoms with van der Waals surface area (Å²) in [6.45, 7) is 8.12. The molecule has 0 amide bonds. The molecular formula is C12H16O. The van der Waals surface area contributed by atoms with Crippen molar-refractivity contribution in [2.75, 3.05) is 7.11 Å². The van der Waals surface area contributed by atoms with Gasteiger partial charge in [-0.15, -0.1) is 0 Å². The molecule has 0 heterocycles. The van der Waals surface area contributed by atoms with Gasteiger partial charge in [0.15, 0.2) is 0 Å². The SMILES string of the molecule is C=C(C)c1cc(OC)ccc1CC. The maximum Gasteiger partial charge on any atom is 0.119 e. The second kappa shape index (κ2) is 4.13. The predicted molar refractivity (Wildman–Crippen MR) is 57.1 cm³/mol. The number of ether oxygens (including phenoxy) is 1. The van der Waals surface area contributed by atoms with E-state index >= 15 is 0 Å². The van der Waals surface area contributed by atoms with Gasteiger partial charge in [-0.2, -0.15) is 0 Å². The first-order valence-electron chi connectivity index (χ1n) is 4.51. The maximum absolute atomic E-state index is 5.16. The summed E-state index contributed by atoms with van der Waals surface area (Å²) < 4.78 is 5.16. The number of rotatable bonds is 3. The lowest BCUT2D eigenvalue weighted by atomic mass is 10.00. The molecule has 0 saturated heterocycles. The molecular weight excluding hydrogens is 160 g/mol. The Morgan fingerprint density at radius 3 is 2.62 bits per heavy atom. The van der Waals surface area contributed by atoms with Crippen molar-refractivity contribution in [3.8, 4) is 5.75 Å². The Labute approximate surface area is 80.0 Å². The molecule has 0 fully saturated rings. The van der Waals surface area contributed by atoms with Crippen LogP contribution in [0.4, 0.5) is 0 Å². The summed E-state index contributed by atoms with van der Waals surface area (Å²) in [5.41, 5.74) is 3.63. The molecule has 13 heavy (non-hydrogen) atoms. The summed E-state index contributed by atoms with van der Waals surface area (Å²) in [7, 11) is 1.68. The Hall–Kier alpha value is -1.24. The van der Waals surface area contributed by atoms with Crippen LogP contribution < -0.4 is 4.74 Å². The Bertz CT molecular complexity index is 313. The summed E-state index contributed by atoms with van der Waals surface area (Å²) in [6.07, 6.45) is 1.03. The fourth-order valence-corrected chi connectivity index (χ4v) is 1.39. The Balaban J connectivity index is 3.18. The van der Waals surface area contributed by atoms with Crippen molar-refractivity contribution in [3.63, 3.8) is 0 Å². The van der Waals surface area contributed by atoms with Crippen LogP contribution in [0.5, 0.6) is 5.75 Å². The number of methoxy groups -OCH3 is 1. The molecule has 1 aromatic carbocycles. The van der Waals surface area contributed by atoms with Crippen molar-refractivity contribution in [1.82, 2.24) is 0 Å². The van der Waals surface area contributed by atoms with Gasteiger partial charge in [0.25, 0.3) is 0 Å². The molecule has 1 heteroatoms. The quantitative estimate of drug-likeness (QED) is 0.686. The largest absolute Gasteiger partial charge is 0.497 e. The normalized spacial score (nSPS) is 9.77. The molecule has 0 bridgehead atoms. The summed E-state index contributed by atoms with van der Waals surface area (Å²) in [5, 5.41) is 0. The van der Waals surface area contributed by atoms with Crippen molar-refractivity contribution in [2.45, 2.75) is 20.3 Å². The standard InChI is InChI=1S/C12H16O/c1-5-10-6-7-11(13-4)8-12(10)9(2)3/h6-8H,2,5H2,1,3-4H3. The Kier molecular flexibility index (Phi) is 3.13. The highest BCUT2D eigenvalue weighted by Gasteiger charge is 2.02. The fourth-order valence-electron chi connectivity index (χ4n) is 1.39. The number of allylic oxidation sites excluding steroid dienone is 1. The van der Waals surface area contributed by atoms with E-state index in [0.717, 1.165) is 17.7 Å². The van der Waals surface area contributed by atoms with Gasteiger partial charge in [0.2, 0.25) is 0 Å². The van der Waals surface area contributed by atoms with Crippen LogP contribution in [0.3, 0.4) is 0 Å². The third-order valence-corrected chi connectivity index (χ3v) is 2.16. The first-order valence-corrected chi connectivity index (χ1v) is 4.51. The molecule has 0 aliphatic heterocycles. The first kappa shape index (κ1) is 9.85. The second-order valence-electron chi connectivity index (χ2n) is 3.16. The van der Waals surface area contributed by atoms with Gasteiger partial charge in [-0.3, -0.25) is 0 Å². The summed E-state index contributed by atoms with van der Waals surface area (Å²) in [4.78, 5) is 0. The molecule has 1 aromatic rings. The summed E-state index contributed by atoms with van der Waals surface area (Å²) in [5.74, 6) is 0.898. The average molecular weight is 176 g/mol. The molecule has 0 atom stereocenters. The van der Waals surface area contributed by atoms with E-state index < -0.39 is 0 Å². The minimum absolute atomic E-state index is 0.898. The third-order valence-electron chi connectivity index (χ3n) is 2.16. The highest BCUT2D eigenvalue weighted by Crippen LogP contribution is 2.23. The van der Waals surface area contributed by atoms with Gasteiger partial charge in [0.1, 0.15) is 5.75 Å². The smallest absolute Gasteiger partial charge is 0.119 e. The van der Waals surface area contributed by atoms with Gasteiger partial charge in [0, 0.05) is 0 Å². The Morgan fingerprint density at radius 1 is 1.46 bits per heavy atom. The minimum atomic E-state index is 0.898. The van der Waals surface area contributed by atoms with Crippen molar-refractivity contribution >= 4 is 5.57 Å². The number of benzene rings is 1. The molecule has 1 rings (SSSR count). The molecule has 0 saturated carbocycles. The van der Waals surface area contributed by atoms with Gasteiger partial charge in [-0.25, -0.2) is 0 Å². The monoisotopic (exact) mass is 176 g/mol. The summed E-state index contributed by atoms with van der Waals surface area (Å²) in [6, 6.07) is 6.13. The van der Waals surface area contributed by atoms with Gasteiger partial charge in [-0.1, -0.05) is 25.1 Å². The number of hydrogen-bond acceptors (Lipinski definition) is 1. The first-order chi connectivity index (χ1) is 6.19. The highest BCUT2D eigenvalue weighted by atomic mass is 16.5. The summed E-state index contributed by atoms with van der Waals surface area (Å²) >= 11 is 0. The molecule has 0 unspecified atom stereocenters. The van der Waals surface area contributed by atoms with E-state index in [4.69, 9.17) is 4.74 Å². The Morgan fingerprint density at radius 2 is 2.15 bits per heavy atom. The predicted octanol–water partition coefficient (Wildman–Crippen LogP) is 3.29. The molecule has 0 aromatic heterocycles. The van der Waals surface area contributed by atoms with Crippen LogP contribution >= 0.6 is 0 Å². The van der Waals surface area contributed by atoms with Crippen LogP contribution in [0.1, 0.15) is 25.0 Å².